The summed E-state index contributed by atoms with van der Waals surface area (Å²) in [5.41, 5.74) is 0.439. The molecule has 0 nitrogen and oxygen atoms in total. The number of thiophene rings is 1. The lowest BCUT2D eigenvalue weighted by atomic mass is 9.88. The third kappa shape index (κ3) is 1.23. The van der Waals surface area contributed by atoms with Crippen molar-refractivity contribution in [3.63, 3.8) is 0 Å². The fourth-order valence-electron chi connectivity index (χ4n) is 1.43. The second-order valence-electron chi connectivity index (χ2n) is 3.60. The summed E-state index contributed by atoms with van der Waals surface area (Å²) in [7, 11) is 0. The van der Waals surface area contributed by atoms with Gasteiger partial charge in [-0.3, -0.25) is 0 Å². The molecule has 0 N–H and O–H groups in total. The third-order valence-corrected chi connectivity index (χ3v) is 4.70. The van der Waals surface area contributed by atoms with E-state index in [1.807, 2.05) is 23.1 Å². The Balaban J connectivity index is 2.48. The molecule has 0 atom stereocenters. The van der Waals surface area contributed by atoms with Crippen LogP contribution in [0.2, 0.25) is 0 Å². The van der Waals surface area contributed by atoms with Gasteiger partial charge in [-0.2, -0.15) is 0 Å². The molecule has 1 aliphatic heterocycles. The van der Waals surface area contributed by atoms with Gasteiger partial charge in [0, 0.05) is 15.2 Å². The van der Waals surface area contributed by atoms with Gasteiger partial charge in [-0.25, -0.2) is 0 Å². The maximum atomic E-state index is 2.35. The topological polar surface area (TPSA) is 0 Å². The largest absolute Gasteiger partial charge is 0.147 e. The molecule has 1 aliphatic rings. The summed E-state index contributed by atoms with van der Waals surface area (Å²) >= 11 is 3.92. The van der Waals surface area contributed by atoms with Crippen molar-refractivity contribution in [2.24, 2.45) is 0 Å². The maximum absolute atomic E-state index is 2.35. The molecule has 11 heavy (non-hydrogen) atoms. The van der Waals surface area contributed by atoms with Gasteiger partial charge in [-0.15, -0.1) is 23.1 Å². The molecule has 0 aliphatic carbocycles. The first kappa shape index (κ1) is 7.69. The molecule has 0 aromatic carbocycles. The molecule has 2 rings (SSSR count). The van der Waals surface area contributed by atoms with E-state index in [0.29, 0.717) is 5.41 Å². The third-order valence-electron chi connectivity index (χ3n) is 2.23. The molecule has 0 saturated heterocycles. The minimum atomic E-state index is 0.439. The van der Waals surface area contributed by atoms with Gasteiger partial charge in [-0.05, 0) is 23.6 Å². The zero-order valence-electron chi connectivity index (χ0n) is 6.89. The molecule has 1 aromatic heterocycles. The molecule has 0 unspecified atom stereocenters. The van der Waals surface area contributed by atoms with Crippen LogP contribution in [0.3, 0.4) is 0 Å². The first-order valence-corrected chi connectivity index (χ1v) is 5.77. The average Bonchev–Trinajstić information content (AvgIpc) is 2.34. The van der Waals surface area contributed by atoms with Crippen LogP contribution in [-0.4, -0.2) is 5.75 Å². The summed E-state index contributed by atoms with van der Waals surface area (Å²) in [6, 6.07) is 2.26. The number of hydrogen-bond donors (Lipinski definition) is 0. The minimum Gasteiger partial charge on any atom is -0.147 e. The fourth-order valence-corrected chi connectivity index (χ4v) is 4.19. The normalized spacial score (nSPS) is 21.3. The summed E-state index contributed by atoms with van der Waals surface area (Å²) in [6.07, 6.45) is 1.32. The number of hydrogen-bond acceptors (Lipinski definition) is 2. The van der Waals surface area contributed by atoms with E-state index < -0.39 is 0 Å². The van der Waals surface area contributed by atoms with Crippen LogP contribution in [0.4, 0.5) is 0 Å². The highest BCUT2D eigenvalue weighted by molar-refractivity contribution is 7.99. The molecule has 0 amide bonds. The van der Waals surface area contributed by atoms with Crippen LogP contribution < -0.4 is 0 Å². The lowest BCUT2D eigenvalue weighted by molar-refractivity contribution is 0.506. The first-order chi connectivity index (χ1) is 5.20. The van der Waals surface area contributed by atoms with Crippen molar-refractivity contribution in [2.45, 2.75) is 30.6 Å². The number of rotatable bonds is 0. The van der Waals surface area contributed by atoms with Gasteiger partial charge in [0.05, 0.1) is 0 Å². The van der Waals surface area contributed by atoms with Gasteiger partial charge in [-0.1, -0.05) is 13.8 Å². The Bertz CT molecular complexity index is 260. The molecule has 2 heterocycles. The highest BCUT2D eigenvalue weighted by atomic mass is 32.2. The summed E-state index contributed by atoms with van der Waals surface area (Å²) < 4.78 is 0. The molecular weight excluding hydrogens is 172 g/mol. The SMILES string of the molecule is CC1(C)CCSc2ccsc21. The van der Waals surface area contributed by atoms with Crippen molar-refractivity contribution in [1.82, 2.24) is 0 Å². The lowest BCUT2D eigenvalue weighted by Gasteiger charge is -2.28. The van der Waals surface area contributed by atoms with Crippen LogP contribution in [-0.2, 0) is 5.41 Å². The smallest absolute Gasteiger partial charge is 0.0238 e. The molecule has 0 bridgehead atoms. The second-order valence-corrected chi connectivity index (χ2v) is 5.65. The first-order valence-electron chi connectivity index (χ1n) is 3.91. The molecule has 0 saturated carbocycles. The van der Waals surface area contributed by atoms with E-state index >= 15 is 0 Å². The quantitative estimate of drug-likeness (QED) is 0.594. The summed E-state index contributed by atoms with van der Waals surface area (Å²) in [6.45, 7) is 4.70. The van der Waals surface area contributed by atoms with Crippen molar-refractivity contribution in [3.05, 3.63) is 16.3 Å². The molecule has 60 valence electrons. The van der Waals surface area contributed by atoms with E-state index in [9.17, 15) is 0 Å². The van der Waals surface area contributed by atoms with Crippen LogP contribution in [0, 0.1) is 0 Å². The van der Waals surface area contributed by atoms with Crippen molar-refractivity contribution >= 4 is 23.1 Å². The predicted molar refractivity (Wildman–Crippen MR) is 52.7 cm³/mol. The van der Waals surface area contributed by atoms with Crippen LogP contribution in [0.25, 0.3) is 0 Å². The molecular formula is C9H12S2. The summed E-state index contributed by atoms with van der Waals surface area (Å²) in [5, 5.41) is 2.21. The average molecular weight is 184 g/mol. The van der Waals surface area contributed by atoms with E-state index in [2.05, 4.69) is 25.3 Å². The van der Waals surface area contributed by atoms with E-state index in [-0.39, 0.29) is 0 Å². The van der Waals surface area contributed by atoms with Gasteiger partial charge < -0.3 is 0 Å². The Kier molecular flexibility index (Phi) is 1.77. The molecule has 0 fully saturated rings. The zero-order valence-corrected chi connectivity index (χ0v) is 8.52. The highest BCUT2D eigenvalue weighted by Crippen LogP contribution is 2.44. The monoisotopic (exact) mass is 184 g/mol. The predicted octanol–water partition coefficient (Wildman–Crippen LogP) is 3.52. The van der Waals surface area contributed by atoms with Crippen molar-refractivity contribution in [2.75, 3.05) is 5.75 Å². The highest BCUT2D eigenvalue weighted by Gasteiger charge is 2.28. The van der Waals surface area contributed by atoms with Crippen molar-refractivity contribution < 1.29 is 0 Å². The van der Waals surface area contributed by atoms with E-state index in [1.165, 1.54) is 17.1 Å². The molecule has 0 radical (unpaired) electrons. The molecule has 1 aromatic rings. The van der Waals surface area contributed by atoms with E-state index in [1.54, 1.807) is 4.88 Å². The zero-order chi connectivity index (χ0) is 7.90. The van der Waals surface area contributed by atoms with Gasteiger partial charge >= 0.3 is 0 Å². The van der Waals surface area contributed by atoms with Gasteiger partial charge in [0.25, 0.3) is 0 Å². The van der Waals surface area contributed by atoms with Crippen LogP contribution >= 0.6 is 23.1 Å². The van der Waals surface area contributed by atoms with Crippen LogP contribution in [0.15, 0.2) is 16.3 Å². The second kappa shape index (κ2) is 2.53. The summed E-state index contributed by atoms with van der Waals surface area (Å²) in [5.74, 6) is 1.29. The van der Waals surface area contributed by atoms with Gasteiger partial charge in [0.1, 0.15) is 0 Å². The maximum Gasteiger partial charge on any atom is 0.0238 e. The number of fused-ring (bicyclic) bond motifs is 1. The molecule has 2 heteroatoms. The minimum absolute atomic E-state index is 0.439. The number of thioether (sulfide) groups is 1. The van der Waals surface area contributed by atoms with Crippen LogP contribution in [0.1, 0.15) is 25.1 Å². The van der Waals surface area contributed by atoms with Crippen molar-refractivity contribution in [3.8, 4) is 0 Å². The van der Waals surface area contributed by atoms with Crippen LogP contribution in [0.5, 0.6) is 0 Å². The lowest BCUT2D eigenvalue weighted by Crippen LogP contribution is -2.20. The van der Waals surface area contributed by atoms with Gasteiger partial charge in [0.15, 0.2) is 0 Å². The van der Waals surface area contributed by atoms with Gasteiger partial charge in [0.2, 0.25) is 0 Å². The molecule has 0 spiro atoms. The Morgan fingerprint density at radius 2 is 2.27 bits per heavy atom. The standard InChI is InChI=1S/C9H12S2/c1-9(2)4-6-10-7-3-5-11-8(7)9/h3,5H,4,6H2,1-2H3. The fraction of sp³-hybridized carbons (Fsp3) is 0.556. The Morgan fingerprint density at radius 1 is 1.45 bits per heavy atom. The van der Waals surface area contributed by atoms with Crippen molar-refractivity contribution in [1.29, 1.82) is 0 Å². The Hall–Kier alpha value is 0.0500. The summed E-state index contributed by atoms with van der Waals surface area (Å²) in [4.78, 5) is 3.11. The Morgan fingerprint density at radius 3 is 3.00 bits per heavy atom. The van der Waals surface area contributed by atoms with E-state index in [0.717, 1.165) is 0 Å². The van der Waals surface area contributed by atoms with E-state index in [4.69, 9.17) is 0 Å². The Labute approximate surface area is 76.0 Å².